The molecule has 3 aromatic rings. The van der Waals surface area contributed by atoms with Crippen LogP contribution in [0.2, 0.25) is 0 Å². The van der Waals surface area contributed by atoms with Crippen molar-refractivity contribution in [3.8, 4) is 0 Å². The summed E-state index contributed by atoms with van der Waals surface area (Å²) < 4.78 is 34.9. The molecule has 2 heterocycles. The van der Waals surface area contributed by atoms with Crippen LogP contribution in [0.1, 0.15) is 37.2 Å². The van der Waals surface area contributed by atoms with Crippen LogP contribution in [0.25, 0.3) is 11.0 Å². The van der Waals surface area contributed by atoms with Gasteiger partial charge in [-0.1, -0.05) is 31.2 Å². The van der Waals surface area contributed by atoms with Gasteiger partial charge in [0, 0.05) is 46.1 Å². The number of hydrogen-bond donors (Lipinski definition) is 0. The molecule has 9 heteroatoms. The number of carbonyl (C=O) groups excluding carboxylic acids is 1. The monoisotopic (exact) mass is 498 g/mol. The number of aryl methyl sites for hydroxylation is 3. The number of nitrogens with zero attached hydrogens (tertiary/aromatic N) is 4. The smallest absolute Gasteiger partial charge is 0.243 e. The molecule has 35 heavy (non-hydrogen) atoms. The quantitative estimate of drug-likeness (QED) is 0.452. The van der Waals surface area contributed by atoms with Crippen molar-refractivity contribution in [2.75, 3.05) is 33.4 Å². The maximum atomic E-state index is 13.1. The molecule has 1 amide bonds. The van der Waals surface area contributed by atoms with Gasteiger partial charge in [0.1, 0.15) is 5.82 Å². The minimum atomic E-state index is -3.59. The Balaban J connectivity index is 1.47. The van der Waals surface area contributed by atoms with Gasteiger partial charge in [0.15, 0.2) is 0 Å². The number of sulfonamides is 1. The highest BCUT2D eigenvalue weighted by molar-refractivity contribution is 7.89. The van der Waals surface area contributed by atoms with E-state index in [1.165, 1.54) is 9.87 Å². The van der Waals surface area contributed by atoms with Gasteiger partial charge < -0.3 is 14.2 Å². The van der Waals surface area contributed by atoms with E-state index < -0.39 is 10.0 Å². The Morgan fingerprint density at radius 2 is 1.74 bits per heavy atom. The number of carbonyl (C=O) groups is 1. The molecule has 0 bridgehead atoms. The molecule has 1 aromatic heterocycles. The van der Waals surface area contributed by atoms with Crippen LogP contribution in [0.5, 0.6) is 0 Å². The van der Waals surface area contributed by atoms with Crippen LogP contribution in [0.4, 0.5) is 0 Å². The summed E-state index contributed by atoms with van der Waals surface area (Å²) in [6, 6.07) is 13.5. The molecule has 0 aliphatic carbocycles. The van der Waals surface area contributed by atoms with E-state index in [0.29, 0.717) is 57.8 Å². The summed E-state index contributed by atoms with van der Waals surface area (Å²) in [6.07, 6.45) is 1.83. The van der Waals surface area contributed by atoms with Gasteiger partial charge in [-0.2, -0.15) is 4.31 Å². The van der Waals surface area contributed by atoms with Crippen LogP contribution in [-0.4, -0.2) is 66.4 Å². The molecule has 1 aliphatic heterocycles. The minimum absolute atomic E-state index is 0.0508. The molecule has 0 N–H and O–H groups in total. The predicted molar refractivity (Wildman–Crippen MR) is 136 cm³/mol. The van der Waals surface area contributed by atoms with E-state index in [-0.39, 0.29) is 10.8 Å². The fraction of sp³-hybridized carbons (Fsp3) is 0.462. The minimum Gasteiger partial charge on any atom is -0.379 e. The Morgan fingerprint density at radius 3 is 2.40 bits per heavy atom. The maximum absolute atomic E-state index is 13.1. The molecule has 188 valence electrons. The summed E-state index contributed by atoms with van der Waals surface area (Å²) >= 11 is 0. The van der Waals surface area contributed by atoms with Crippen molar-refractivity contribution < 1.29 is 17.9 Å². The first kappa shape index (κ1) is 25.3. The van der Waals surface area contributed by atoms with E-state index in [2.05, 4.69) is 35.8 Å². The Morgan fingerprint density at radius 1 is 1.06 bits per heavy atom. The van der Waals surface area contributed by atoms with E-state index in [1.807, 2.05) is 20.0 Å². The molecular weight excluding hydrogens is 464 g/mol. The Labute approximate surface area is 207 Å². The van der Waals surface area contributed by atoms with Crippen molar-refractivity contribution in [1.29, 1.82) is 0 Å². The molecule has 2 aromatic carbocycles. The standard InChI is InChI=1S/C26H34N4O4S/c1-4-20-6-8-21(9-7-20)19-28(3)26(31)13-12-25-27-23-18-22(10-11-24(23)30(25)5-2)35(32,33)29-14-16-34-17-15-29/h6-11,18H,4-5,12-17,19H2,1-3H3. The lowest BCUT2D eigenvalue weighted by molar-refractivity contribution is -0.130. The van der Waals surface area contributed by atoms with Crippen LogP contribution in [0.3, 0.4) is 0 Å². The number of ether oxygens (including phenoxy) is 1. The third kappa shape index (κ3) is 5.58. The second kappa shape index (κ2) is 10.9. The van der Waals surface area contributed by atoms with Crippen LogP contribution in [0.15, 0.2) is 47.4 Å². The fourth-order valence-corrected chi connectivity index (χ4v) is 5.88. The number of fused-ring (bicyclic) bond motifs is 1. The molecule has 0 unspecified atom stereocenters. The third-order valence-corrected chi connectivity index (χ3v) is 8.46. The first-order chi connectivity index (χ1) is 16.8. The first-order valence-electron chi connectivity index (χ1n) is 12.2. The van der Waals surface area contributed by atoms with Gasteiger partial charge in [-0.05, 0) is 42.7 Å². The van der Waals surface area contributed by atoms with Crippen molar-refractivity contribution in [3.05, 3.63) is 59.4 Å². The largest absolute Gasteiger partial charge is 0.379 e. The average molecular weight is 499 g/mol. The zero-order valence-corrected chi connectivity index (χ0v) is 21.6. The second-order valence-electron chi connectivity index (χ2n) is 8.86. The van der Waals surface area contributed by atoms with Crippen LogP contribution >= 0.6 is 0 Å². The van der Waals surface area contributed by atoms with Crippen molar-refractivity contribution in [2.45, 2.75) is 51.1 Å². The molecule has 1 saturated heterocycles. The molecule has 0 saturated carbocycles. The van der Waals surface area contributed by atoms with Crippen LogP contribution in [0, 0.1) is 0 Å². The molecule has 8 nitrogen and oxygen atoms in total. The summed E-state index contributed by atoms with van der Waals surface area (Å²) in [6.45, 7) is 6.92. The zero-order valence-electron chi connectivity index (χ0n) is 20.7. The zero-order chi connectivity index (χ0) is 25.0. The molecule has 1 fully saturated rings. The Hall–Kier alpha value is -2.75. The van der Waals surface area contributed by atoms with Crippen molar-refractivity contribution in [1.82, 2.24) is 18.8 Å². The first-order valence-corrected chi connectivity index (χ1v) is 13.7. The topological polar surface area (TPSA) is 84.7 Å². The summed E-state index contributed by atoms with van der Waals surface area (Å²) in [7, 11) is -1.77. The molecule has 0 radical (unpaired) electrons. The lowest BCUT2D eigenvalue weighted by Crippen LogP contribution is -2.40. The fourth-order valence-electron chi connectivity index (χ4n) is 4.45. The number of aromatic nitrogens is 2. The Kier molecular flexibility index (Phi) is 7.88. The number of amides is 1. The van der Waals surface area contributed by atoms with Crippen molar-refractivity contribution in [3.63, 3.8) is 0 Å². The summed E-state index contributed by atoms with van der Waals surface area (Å²) in [5.74, 6) is 0.840. The highest BCUT2D eigenvalue weighted by Gasteiger charge is 2.27. The number of rotatable bonds is 9. The van der Waals surface area contributed by atoms with E-state index in [9.17, 15) is 13.2 Å². The molecule has 1 aliphatic rings. The lowest BCUT2D eigenvalue weighted by atomic mass is 10.1. The maximum Gasteiger partial charge on any atom is 0.243 e. The number of hydrogen-bond acceptors (Lipinski definition) is 5. The van der Waals surface area contributed by atoms with Crippen molar-refractivity contribution in [2.24, 2.45) is 0 Å². The normalized spacial score (nSPS) is 14.9. The SMILES string of the molecule is CCc1ccc(CN(C)C(=O)CCc2nc3cc(S(=O)(=O)N4CCOCC4)ccc3n2CC)cc1. The van der Waals surface area contributed by atoms with E-state index in [0.717, 1.165) is 23.3 Å². The predicted octanol–water partition coefficient (Wildman–Crippen LogP) is 3.23. The molecule has 0 spiro atoms. The van der Waals surface area contributed by atoms with Gasteiger partial charge in [-0.15, -0.1) is 0 Å². The highest BCUT2D eigenvalue weighted by atomic mass is 32.2. The van der Waals surface area contributed by atoms with Gasteiger partial charge in [-0.25, -0.2) is 13.4 Å². The summed E-state index contributed by atoms with van der Waals surface area (Å²) in [5.41, 5.74) is 3.89. The molecular formula is C26H34N4O4S. The van der Waals surface area contributed by atoms with Gasteiger partial charge in [-0.3, -0.25) is 4.79 Å². The van der Waals surface area contributed by atoms with Crippen LogP contribution in [-0.2, 0) is 45.5 Å². The number of morpholine rings is 1. The van der Waals surface area contributed by atoms with Gasteiger partial charge in [0.2, 0.25) is 15.9 Å². The van der Waals surface area contributed by atoms with E-state index >= 15 is 0 Å². The summed E-state index contributed by atoms with van der Waals surface area (Å²) in [4.78, 5) is 19.5. The molecule has 4 rings (SSSR count). The lowest BCUT2D eigenvalue weighted by Gasteiger charge is -2.26. The van der Waals surface area contributed by atoms with Gasteiger partial charge in [0.25, 0.3) is 0 Å². The number of benzene rings is 2. The molecule has 0 atom stereocenters. The van der Waals surface area contributed by atoms with Crippen LogP contribution < -0.4 is 0 Å². The average Bonchev–Trinajstić information content (AvgIpc) is 3.24. The third-order valence-electron chi connectivity index (χ3n) is 6.56. The van der Waals surface area contributed by atoms with Gasteiger partial charge in [0.05, 0.1) is 29.1 Å². The van der Waals surface area contributed by atoms with Crippen molar-refractivity contribution >= 4 is 27.0 Å². The second-order valence-corrected chi connectivity index (χ2v) is 10.8. The summed E-state index contributed by atoms with van der Waals surface area (Å²) in [5, 5.41) is 0. The van der Waals surface area contributed by atoms with Gasteiger partial charge >= 0.3 is 0 Å². The Bertz CT molecular complexity index is 1280. The van der Waals surface area contributed by atoms with E-state index in [4.69, 9.17) is 9.72 Å². The highest BCUT2D eigenvalue weighted by Crippen LogP contribution is 2.24. The van der Waals surface area contributed by atoms with E-state index in [1.54, 1.807) is 17.0 Å². The number of imidazole rings is 1.